The first-order valence-electron chi connectivity index (χ1n) is 5.75. The number of H-pyrrole nitrogens is 1. The van der Waals surface area contributed by atoms with Gasteiger partial charge in [0.15, 0.2) is 5.03 Å². The lowest BCUT2D eigenvalue weighted by Gasteiger charge is -2.20. The van der Waals surface area contributed by atoms with Crippen molar-refractivity contribution in [1.29, 1.82) is 0 Å². The number of hydrogen-bond donors (Lipinski definition) is 2. The van der Waals surface area contributed by atoms with Gasteiger partial charge in [-0.05, 0) is 18.9 Å². The number of nitrogens with one attached hydrogen (secondary N) is 2. The highest BCUT2D eigenvalue weighted by Gasteiger charge is 2.27. The maximum Gasteiger partial charge on any atom is 0.257 e. The number of halogens is 1. The molecule has 0 aromatic carbocycles. The standard InChI is InChI=1S/C10H16ClN3O2S/c11-8-4-2-1-3-5-9(8)14-17(15,16)10-6-7-12-13-10/h6-9,14H,1-5H2,(H,12,13). The molecule has 17 heavy (non-hydrogen) atoms. The SMILES string of the molecule is O=S(=O)(NC1CCCCCC1Cl)c1ccn[nH]1. The number of rotatable bonds is 3. The smallest absolute Gasteiger partial charge is 0.257 e. The van der Waals surface area contributed by atoms with Crippen LogP contribution in [0.25, 0.3) is 0 Å². The first-order valence-corrected chi connectivity index (χ1v) is 7.67. The molecule has 1 aromatic heterocycles. The minimum Gasteiger partial charge on any atom is -0.266 e. The fourth-order valence-electron chi connectivity index (χ4n) is 2.05. The van der Waals surface area contributed by atoms with Gasteiger partial charge in [-0.25, -0.2) is 13.1 Å². The van der Waals surface area contributed by atoms with Crippen molar-refractivity contribution < 1.29 is 8.42 Å². The van der Waals surface area contributed by atoms with Crippen molar-refractivity contribution in [2.24, 2.45) is 0 Å². The molecular weight excluding hydrogens is 262 g/mol. The van der Waals surface area contributed by atoms with Gasteiger partial charge in [0.2, 0.25) is 0 Å². The fourth-order valence-corrected chi connectivity index (χ4v) is 3.69. The Balaban J connectivity index is 2.09. The van der Waals surface area contributed by atoms with Gasteiger partial charge in [-0.3, -0.25) is 5.10 Å². The van der Waals surface area contributed by atoms with Crippen LogP contribution in [-0.2, 0) is 10.0 Å². The lowest BCUT2D eigenvalue weighted by atomic mass is 10.1. The maximum absolute atomic E-state index is 12.0. The van der Waals surface area contributed by atoms with E-state index in [9.17, 15) is 8.42 Å². The van der Waals surface area contributed by atoms with Crippen LogP contribution in [0, 0.1) is 0 Å². The van der Waals surface area contributed by atoms with E-state index in [1.807, 2.05) is 0 Å². The van der Waals surface area contributed by atoms with Crippen LogP contribution in [0.2, 0.25) is 0 Å². The molecule has 0 aliphatic heterocycles. The van der Waals surface area contributed by atoms with Crippen molar-refractivity contribution in [2.45, 2.75) is 48.5 Å². The lowest BCUT2D eigenvalue weighted by molar-refractivity contribution is 0.512. The monoisotopic (exact) mass is 277 g/mol. The Bertz CT molecular complexity index is 446. The third-order valence-electron chi connectivity index (χ3n) is 3.00. The third kappa shape index (κ3) is 3.20. The molecule has 0 saturated heterocycles. The summed E-state index contributed by atoms with van der Waals surface area (Å²) in [5, 5.41) is 6.05. The summed E-state index contributed by atoms with van der Waals surface area (Å²) in [6, 6.07) is 1.25. The predicted molar refractivity (Wildman–Crippen MR) is 65.4 cm³/mol. The Labute approximate surface area is 106 Å². The van der Waals surface area contributed by atoms with Crippen LogP contribution in [0.1, 0.15) is 32.1 Å². The minimum absolute atomic E-state index is 0.0885. The summed E-state index contributed by atoms with van der Waals surface area (Å²) in [6.07, 6.45) is 6.26. The van der Waals surface area contributed by atoms with E-state index in [0.29, 0.717) is 0 Å². The first kappa shape index (κ1) is 12.9. The predicted octanol–water partition coefficient (Wildman–Crippen LogP) is 1.63. The van der Waals surface area contributed by atoms with Crippen molar-refractivity contribution in [3.63, 3.8) is 0 Å². The van der Waals surface area contributed by atoms with Crippen LogP contribution in [0.3, 0.4) is 0 Å². The second-order valence-corrected chi connectivity index (χ2v) is 6.55. The molecule has 2 atom stereocenters. The van der Waals surface area contributed by atoms with Crippen LogP contribution in [0.4, 0.5) is 0 Å². The highest BCUT2D eigenvalue weighted by Crippen LogP contribution is 2.23. The number of sulfonamides is 1. The zero-order valence-corrected chi connectivity index (χ0v) is 11.0. The van der Waals surface area contributed by atoms with E-state index >= 15 is 0 Å². The van der Waals surface area contributed by atoms with Gasteiger partial charge in [-0.15, -0.1) is 11.6 Å². The van der Waals surface area contributed by atoms with Gasteiger partial charge < -0.3 is 0 Å². The molecule has 2 rings (SSSR count). The molecule has 0 amide bonds. The van der Waals surface area contributed by atoms with Gasteiger partial charge in [-0.2, -0.15) is 5.10 Å². The maximum atomic E-state index is 12.0. The van der Waals surface area contributed by atoms with Gasteiger partial charge in [-0.1, -0.05) is 19.3 Å². The highest BCUT2D eigenvalue weighted by molar-refractivity contribution is 7.89. The van der Waals surface area contributed by atoms with Crippen molar-refractivity contribution in [1.82, 2.24) is 14.9 Å². The Morgan fingerprint density at radius 1 is 1.35 bits per heavy atom. The molecule has 96 valence electrons. The normalized spacial score (nSPS) is 26.6. The highest BCUT2D eigenvalue weighted by atomic mass is 35.5. The summed E-state index contributed by atoms with van der Waals surface area (Å²) in [6.45, 7) is 0. The summed E-state index contributed by atoms with van der Waals surface area (Å²) in [7, 11) is -3.52. The summed E-state index contributed by atoms with van der Waals surface area (Å²) in [4.78, 5) is 0. The van der Waals surface area contributed by atoms with Crippen molar-refractivity contribution >= 4 is 21.6 Å². The molecule has 2 N–H and O–H groups in total. The third-order valence-corrected chi connectivity index (χ3v) is 4.94. The molecule has 0 spiro atoms. The average Bonchev–Trinajstić information content (AvgIpc) is 2.74. The average molecular weight is 278 g/mol. The zero-order valence-electron chi connectivity index (χ0n) is 9.39. The molecule has 7 heteroatoms. The van der Waals surface area contributed by atoms with E-state index < -0.39 is 10.0 Å². The number of aromatic nitrogens is 2. The molecule has 1 fully saturated rings. The molecule has 5 nitrogen and oxygen atoms in total. The molecule has 2 unspecified atom stereocenters. The van der Waals surface area contributed by atoms with E-state index in [0.717, 1.165) is 32.1 Å². The molecule has 1 heterocycles. The van der Waals surface area contributed by atoms with E-state index in [1.165, 1.54) is 12.3 Å². The summed E-state index contributed by atoms with van der Waals surface area (Å²) in [5.41, 5.74) is 0. The molecule has 0 bridgehead atoms. The van der Waals surface area contributed by atoms with Crippen LogP contribution >= 0.6 is 11.6 Å². The quantitative estimate of drug-likeness (QED) is 0.651. The summed E-state index contributed by atoms with van der Waals surface area (Å²) >= 11 is 6.20. The molecule has 1 aromatic rings. The van der Waals surface area contributed by atoms with E-state index in [-0.39, 0.29) is 16.4 Å². The second kappa shape index (κ2) is 5.37. The lowest BCUT2D eigenvalue weighted by Crippen LogP contribution is -2.40. The zero-order chi connectivity index (χ0) is 12.3. The van der Waals surface area contributed by atoms with Gasteiger partial charge in [0, 0.05) is 11.4 Å². The molecular formula is C10H16ClN3O2S. The number of hydrogen-bond acceptors (Lipinski definition) is 3. The number of aromatic amines is 1. The fraction of sp³-hybridized carbons (Fsp3) is 0.700. The Morgan fingerprint density at radius 2 is 2.12 bits per heavy atom. The molecule has 0 radical (unpaired) electrons. The second-order valence-electron chi connectivity index (χ2n) is 4.30. The van der Waals surface area contributed by atoms with Gasteiger partial charge in [0.05, 0.1) is 6.20 Å². The Hall–Kier alpha value is -0.590. The van der Waals surface area contributed by atoms with E-state index in [2.05, 4.69) is 14.9 Å². The summed E-state index contributed by atoms with van der Waals surface area (Å²) < 4.78 is 26.6. The Kier molecular flexibility index (Phi) is 4.06. The topological polar surface area (TPSA) is 74.8 Å². The van der Waals surface area contributed by atoms with Crippen molar-refractivity contribution in [2.75, 3.05) is 0 Å². The molecule has 1 saturated carbocycles. The summed E-state index contributed by atoms with van der Waals surface area (Å²) in [5.74, 6) is 0. The number of nitrogens with zero attached hydrogens (tertiary/aromatic N) is 1. The van der Waals surface area contributed by atoms with Crippen LogP contribution < -0.4 is 4.72 Å². The van der Waals surface area contributed by atoms with Crippen LogP contribution in [0.5, 0.6) is 0 Å². The van der Waals surface area contributed by atoms with Crippen molar-refractivity contribution in [3.05, 3.63) is 12.3 Å². The Morgan fingerprint density at radius 3 is 2.82 bits per heavy atom. The van der Waals surface area contributed by atoms with Crippen molar-refractivity contribution in [3.8, 4) is 0 Å². The molecule has 1 aliphatic rings. The van der Waals surface area contributed by atoms with Gasteiger partial charge in [0.25, 0.3) is 10.0 Å². The van der Waals surface area contributed by atoms with Gasteiger partial charge >= 0.3 is 0 Å². The van der Waals surface area contributed by atoms with E-state index in [4.69, 9.17) is 11.6 Å². The van der Waals surface area contributed by atoms with Crippen LogP contribution in [0.15, 0.2) is 17.3 Å². The minimum atomic E-state index is -3.52. The van der Waals surface area contributed by atoms with Crippen LogP contribution in [-0.4, -0.2) is 30.0 Å². The molecule has 1 aliphatic carbocycles. The van der Waals surface area contributed by atoms with E-state index in [1.54, 1.807) is 0 Å². The first-order chi connectivity index (χ1) is 8.09. The number of alkyl halides is 1. The largest absolute Gasteiger partial charge is 0.266 e. The van der Waals surface area contributed by atoms with Gasteiger partial charge in [0.1, 0.15) is 0 Å².